The van der Waals surface area contributed by atoms with E-state index in [-0.39, 0.29) is 16.5 Å². The number of carbonyl (C=O) groups is 3. The van der Waals surface area contributed by atoms with E-state index in [4.69, 9.17) is 33.0 Å². The number of nitrogens with zero attached hydrogens (tertiary/aromatic N) is 1. The van der Waals surface area contributed by atoms with Crippen LogP contribution in [0.3, 0.4) is 0 Å². The van der Waals surface area contributed by atoms with Crippen molar-refractivity contribution in [3.05, 3.63) is 62.2 Å². The van der Waals surface area contributed by atoms with Crippen molar-refractivity contribution in [1.29, 1.82) is 0 Å². The lowest BCUT2D eigenvalue weighted by Gasteiger charge is -2.11. The molecule has 3 amide bonds. The number of imide groups is 1. The number of rotatable bonds is 5. The molecule has 1 aliphatic heterocycles. The molecule has 0 radical (unpaired) electrons. The van der Waals surface area contributed by atoms with Crippen LogP contribution in [0.4, 0.5) is 10.5 Å². The van der Waals surface area contributed by atoms with Crippen molar-refractivity contribution in [2.45, 2.75) is 0 Å². The molecule has 1 saturated heterocycles. The van der Waals surface area contributed by atoms with Crippen molar-refractivity contribution in [2.75, 3.05) is 11.5 Å². The van der Waals surface area contributed by atoms with Crippen LogP contribution >= 0.6 is 39.1 Å². The molecular formula is C18H11BrCl2N2O5. The second-order valence-corrected chi connectivity index (χ2v) is 7.30. The number of halogens is 3. The molecule has 1 fully saturated rings. The average molecular weight is 486 g/mol. The van der Waals surface area contributed by atoms with Gasteiger partial charge in [0.2, 0.25) is 0 Å². The molecule has 0 bridgehead atoms. The lowest BCUT2D eigenvalue weighted by molar-refractivity contribution is -0.139. The highest BCUT2D eigenvalue weighted by molar-refractivity contribution is 9.10. The molecule has 2 aromatic rings. The third-order valence-corrected chi connectivity index (χ3v) is 4.76. The fourth-order valence-electron chi connectivity index (χ4n) is 2.46. The summed E-state index contributed by atoms with van der Waals surface area (Å²) >= 11 is 15.2. The second kappa shape index (κ2) is 8.22. The van der Waals surface area contributed by atoms with Crippen molar-refractivity contribution in [3.63, 3.8) is 0 Å². The van der Waals surface area contributed by atoms with Gasteiger partial charge in [-0.15, -0.1) is 0 Å². The van der Waals surface area contributed by atoms with Crippen LogP contribution in [0.25, 0.3) is 6.08 Å². The zero-order chi connectivity index (χ0) is 20.4. The summed E-state index contributed by atoms with van der Waals surface area (Å²) in [6.07, 6.45) is 1.45. The molecule has 0 aromatic heterocycles. The molecule has 0 unspecified atom stereocenters. The number of ether oxygens (including phenoxy) is 1. The highest BCUT2D eigenvalue weighted by atomic mass is 79.9. The van der Waals surface area contributed by atoms with Gasteiger partial charge in [-0.05, 0) is 64.0 Å². The fourth-order valence-corrected chi connectivity index (χ4v) is 3.58. The van der Waals surface area contributed by atoms with Crippen LogP contribution in [-0.4, -0.2) is 29.6 Å². The van der Waals surface area contributed by atoms with Gasteiger partial charge in [0.15, 0.2) is 12.4 Å². The van der Waals surface area contributed by atoms with Gasteiger partial charge in [0.1, 0.15) is 5.70 Å². The predicted molar refractivity (Wildman–Crippen MR) is 108 cm³/mol. The van der Waals surface area contributed by atoms with E-state index in [9.17, 15) is 14.4 Å². The molecule has 144 valence electrons. The minimum atomic E-state index is -1.14. The molecule has 2 N–H and O–H groups in total. The Morgan fingerprint density at radius 3 is 2.50 bits per heavy atom. The lowest BCUT2D eigenvalue weighted by Crippen LogP contribution is -2.30. The van der Waals surface area contributed by atoms with E-state index in [2.05, 4.69) is 21.2 Å². The number of carboxylic acid groups (broad SMARTS) is 1. The molecule has 1 heterocycles. The first-order valence-corrected chi connectivity index (χ1v) is 9.27. The zero-order valence-corrected chi connectivity index (χ0v) is 17.0. The molecule has 0 aliphatic carbocycles. The van der Waals surface area contributed by atoms with Crippen LogP contribution in [-0.2, 0) is 9.59 Å². The number of amides is 3. The molecule has 10 heteroatoms. The van der Waals surface area contributed by atoms with Crippen molar-refractivity contribution in [2.24, 2.45) is 0 Å². The maximum absolute atomic E-state index is 12.6. The molecule has 2 aromatic carbocycles. The SMILES string of the molecule is O=C(O)COc1c(Cl)cc(/C=C2/NC(=O)N(c3ccc(Cl)cc3)C2=O)cc1Br. The van der Waals surface area contributed by atoms with Gasteiger partial charge in [-0.25, -0.2) is 14.5 Å². The normalized spacial score (nSPS) is 15.1. The van der Waals surface area contributed by atoms with Gasteiger partial charge in [-0.3, -0.25) is 4.79 Å². The number of aliphatic carboxylic acids is 1. The summed E-state index contributed by atoms with van der Waals surface area (Å²) in [7, 11) is 0. The van der Waals surface area contributed by atoms with Crippen LogP contribution in [0.5, 0.6) is 5.75 Å². The number of hydrogen-bond acceptors (Lipinski definition) is 4. The number of anilines is 1. The Morgan fingerprint density at radius 1 is 1.21 bits per heavy atom. The Balaban J connectivity index is 1.87. The minimum Gasteiger partial charge on any atom is -0.479 e. The standard InChI is InChI=1S/C18H11BrCl2N2O5/c19-12-5-9(6-13(21)16(12)28-8-15(24)25)7-14-17(26)23(18(27)22-14)11-3-1-10(20)2-4-11/h1-7H,8H2,(H,22,27)(H,24,25)/b14-7+. The molecule has 0 atom stereocenters. The van der Waals surface area contributed by atoms with E-state index in [0.29, 0.717) is 20.7 Å². The van der Waals surface area contributed by atoms with E-state index < -0.39 is 24.5 Å². The first-order valence-electron chi connectivity index (χ1n) is 7.72. The van der Waals surface area contributed by atoms with E-state index in [1.54, 1.807) is 30.3 Å². The molecule has 0 spiro atoms. The van der Waals surface area contributed by atoms with Crippen molar-refractivity contribution >= 4 is 68.8 Å². The average Bonchev–Trinajstić information content (AvgIpc) is 2.88. The van der Waals surface area contributed by atoms with Gasteiger partial charge in [0, 0.05) is 5.02 Å². The fraction of sp³-hybridized carbons (Fsp3) is 0.0556. The van der Waals surface area contributed by atoms with Crippen LogP contribution in [0.2, 0.25) is 10.0 Å². The van der Waals surface area contributed by atoms with E-state index in [1.807, 2.05) is 0 Å². The first-order chi connectivity index (χ1) is 13.3. The van der Waals surface area contributed by atoms with Crippen molar-refractivity contribution in [1.82, 2.24) is 5.32 Å². The summed E-state index contributed by atoms with van der Waals surface area (Å²) in [5.74, 6) is -1.52. The van der Waals surface area contributed by atoms with Gasteiger partial charge < -0.3 is 15.2 Å². The second-order valence-electron chi connectivity index (χ2n) is 5.60. The maximum atomic E-state index is 12.6. The van der Waals surface area contributed by atoms with Crippen LogP contribution < -0.4 is 15.0 Å². The quantitative estimate of drug-likeness (QED) is 0.485. The molecule has 0 saturated carbocycles. The summed E-state index contributed by atoms with van der Waals surface area (Å²) in [6.45, 7) is -0.552. The third-order valence-electron chi connectivity index (χ3n) is 3.63. The van der Waals surface area contributed by atoms with E-state index in [1.165, 1.54) is 12.1 Å². The predicted octanol–water partition coefficient (Wildman–Crippen LogP) is 4.32. The van der Waals surface area contributed by atoms with Crippen LogP contribution in [0, 0.1) is 0 Å². The minimum absolute atomic E-state index is 0.0575. The Labute approximate surface area is 177 Å². The Kier molecular flexibility index (Phi) is 5.93. The lowest BCUT2D eigenvalue weighted by atomic mass is 10.1. The summed E-state index contributed by atoms with van der Waals surface area (Å²) in [6, 6.07) is 8.75. The maximum Gasteiger partial charge on any atom is 0.341 e. The first kappa shape index (κ1) is 20.2. The largest absolute Gasteiger partial charge is 0.479 e. The monoisotopic (exact) mass is 484 g/mol. The number of benzene rings is 2. The number of carbonyl (C=O) groups excluding carboxylic acids is 2. The number of hydrogen-bond donors (Lipinski definition) is 2. The number of nitrogens with one attached hydrogen (secondary N) is 1. The van der Waals surface area contributed by atoms with Gasteiger partial charge in [-0.1, -0.05) is 23.2 Å². The van der Waals surface area contributed by atoms with Gasteiger partial charge in [-0.2, -0.15) is 0 Å². The highest BCUT2D eigenvalue weighted by Crippen LogP contribution is 2.35. The summed E-state index contributed by atoms with van der Waals surface area (Å²) in [5, 5.41) is 11.8. The Bertz CT molecular complexity index is 985. The Morgan fingerprint density at radius 2 is 1.89 bits per heavy atom. The van der Waals surface area contributed by atoms with E-state index >= 15 is 0 Å². The molecule has 1 aliphatic rings. The summed E-state index contributed by atoms with van der Waals surface area (Å²) in [4.78, 5) is 36.5. The van der Waals surface area contributed by atoms with Crippen molar-refractivity contribution in [3.8, 4) is 5.75 Å². The smallest absolute Gasteiger partial charge is 0.341 e. The Hall–Kier alpha value is -2.55. The highest BCUT2D eigenvalue weighted by Gasteiger charge is 2.34. The van der Waals surface area contributed by atoms with Crippen LogP contribution in [0.1, 0.15) is 5.56 Å². The van der Waals surface area contributed by atoms with Gasteiger partial charge >= 0.3 is 12.0 Å². The zero-order valence-electron chi connectivity index (χ0n) is 13.9. The summed E-state index contributed by atoms with van der Waals surface area (Å²) in [5.41, 5.74) is 0.940. The topological polar surface area (TPSA) is 95.9 Å². The molecule has 3 rings (SSSR count). The molecule has 7 nitrogen and oxygen atoms in total. The van der Waals surface area contributed by atoms with Crippen molar-refractivity contribution < 1.29 is 24.2 Å². The van der Waals surface area contributed by atoms with Crippen LogP contribution in [0.15, 0.2) is 46.6 Å². The molecular weight excluding hydrogens is 475 g/mol. The van der Waals surface area contributed by atoms with E-state index in [0.717, 1.165) is 4.90 Å². The number of carboxylic acids is 1. The van der Waals surface area contributed by atoms with Gasteiger partial charge in [0.25, 0.3) is 5.91 Å². The number of urea groups is 1. The summed E-state index contributed by atoms with van der Waals surface area (Å²) < 4.78 is 5.52. The van der Waals surface area contributed by atoms with Gasteiger partial charge in [0.05, 0.1) is 15.2 Å². The molecule has 28 heavy (non-hydrogen) atoms. The third kappa shape index (κ3) is 4.30.